The van der Waals surface area contributed by atoms with Crippen molar-refractivity contribution in [2.45, 2.75) is 32.1 Å². The highest BCUT2D eigenvalue weighted by molar-refractivity contribution is 5.96. The van der Waals surface area contributed by atoms with Crippen LogP contribution in [-0.2, 0) is 4.79 Å². The highest BCUT2D eigenvalue weighted by atomic mass is 16.1. The summed E-state index contributed by atoms with van der Waals surface area (Å²) < 4.78 is 0. The van der Waals surface area contributed by atoms with Crippen LogP contribution in [0.4, 0.5) is 0 Å². The van der Waals surface area contributed by atoms with Gasteiger partial charge in [0.15, 0.2) is 5.78 Å². The molecule has 0 aromatic heterocycles. The largest absolute Gasteiger partial charge is 0.299 e. The maximum absolute atomic E-state index is 11.5. The first kappa shape index (κ1) is 8.95. The monoisotopic (exact) mass is 179 g/mol. The van der Waals surface area contributed by atoms with Crippen molar-refractivity contribution in [2.75, 3.05) is 19.6 Å². The van der Waals surface area contributed by atoms with Gasteiger partial charge in [-0.15, -0.1) is 0 Å². The zero-order valence-electron chi connectivity index (χ0n) is 8.09. The first-order valence-electron chi connectivity index (χ1n) is 5.31. The Hall–Kier alpha value is -0.630. The second-order valence-corrected chi connectivity index (χ2v) is 4.03. The summed E-state index contributed by atoms with van der Waals surface area (Å²) in [5.74, 6) is 0.387. The molecule has 72 valence electrons. The van der Waals surface area contributed by atoms with Crippen LogP contribution in [0.15, 0.2) is 11.6 Å². The van der Waals surface area contributed by atoms with Crippen molar-refractivity contribution in [1.82, 2.24) is 4.90 Å². The molecule has 0 N–H and O–H groups in total. The van der Waals surface area contributed by atoms with Gasteiger partial charge in [0.25, 0.3) is 0 Å². The van der Waals surface area contributed by atoms with Gasteiger partial charge in [-0.3, -0.25) is 9.69 Å². The van der Waals surface area contributed by atoms with Crippen molar-refractivity contribution >= 4 is 5.78 Å². The van der Waals surface area contributed by atoms with Crippen molar-refractivity contribution < 1.29 is 4.79 Å². The summed E-state index contributed by atoms with van der Waals surface area (Å²) in [5.41, 5.74) is 1.08. The topological polar surface area (TPSA) is 20.3 Å². The van der Waals surface area contributed by atoms with Gasteiger partial charge in [-0.1, -0.05) is 6.08 Å². The first-order chi connectivity index (χ1) is 6.36. The van der Waals surface area contributed by atoms with Crippen molar-refractivity contribution in [3.8, 4) is 0 Å². The number of hydrogen-bond donors (Lipinski definition) is 0. The minimum Gasteiger partial charge on any atom is -0.299 e. The van der Waals surface area contributed by atoms with Crippen LogP contribution in [0, 0.1) is 0 Å². The highest BCUT2D eigenvalue weighted by Crippen LogP contribution is 2.17. The number of Topliss-reactive ketones (excluding diaryl/α,β-unsaturated/α-hetero) is 1. The molecule has 2 aliphatic rings. The lowest BCUT2D eigenvalue weighted by molar-refractivity contribution is -0.116. The van der Waals surface area contributed by atoms with Crippen molar-refractivity contribution in [3.63, 3.8) is 0 Å². The molecule has 13 heavy (non-hydrogen) atoms. The Bertz CT molecular complexity index is 226. The van der Waals surface area contributed by atoms with Crippen LogP contribution in [0.5, 0.6) is 0 Å². The number of carbonyl (C=O) groups excluding carboxylic acids is 1. The van der Waals surface area contributed by atoms with Crippen LogP contribution in [0.25, 0.3) is 0 Å². The Morgan fingerprint density at radius 3 is 2.69 bits per heavy atom. The van der Waals surface area contributed by atoms with Gasteiger partial charge in [0, 0.05) is 18.5 Å². The maximum atomic E-state index is 11.5. The summed E-state index contributed by atoms with van der Waals surface area (Å²) >= 11 is 0. The zero-order chi connectivity index (χ0) is 9.10. The Kier molecular flexibility index (Phi) is 2.79. The molecule has 1 saturated heterocycles. The maximum Gasteiger partial charge on any atom is 0.159 e. The van der Waals surface area contributed by atoms with E-state index in [9.17, 15) is 4.79 Å². The van der Waals surface area contributed by atoms with Gasteiger partial charge in [0.05, 0.1) is 0 Å². The molecule has 1 aliphatic carbocycles. The molecule has 0 saturated carbocycles. The summed E-state index contributed by atoms with van der Waals surface area (Å²) in [6, 6.07) is 0. The predicted octanol–water partition coefficient (Wildman–Crippen LogP) is 1.76. The van der Waals surface area contributed by atoms with E-state index >= 15 is 0 Å². The van der Waals surface area contributed by atoms with Crippen molar-refractivity contribution in [1.29, 1.82) is 0 Å². The lowest BCUT2D eigenvalue weighted by atomic mass is 9.98. The quantitative estimate of drug-likeness (QED) is 0.644. The molecule has 0 spiro atoms. The third-order valence-electron chi connectivity index (χ3n) is 2.95. The molecule has 0 atom stereocenters. The normalized spacial score (nSPS) is 24.9. The van der Waals surface area contributed by atoms with Gasteiger partial charge in [-0.05, 0) is 38.8 Å². The summed E-state index contributed by atoms with van der Waals surface area (Å²) in [4.78, 5) is 13.9. The number of rotatable bonds is 2. The molecule has 1 heterocycles. The molecular formula is C11H17NO. The number of hydrogen-bond acceptors (Lipinski definition) is 2. The fourth-order valence-electron chi connectivity index (χ4n) is 2.15. The minimum atomic E-state index is 0.387. The Balaban J connectivity index is 1.91. The summed E-state index contributed by atoms with van der Waals surface area (Å²) in [5, 5.41) is 0. The van der Waals surface area contributed by atoms with E-state index in [-0.39, 0.29) is 0 Å². The molecule has 0 amide bonds. The van der Waals surface area contributed by atoms with Crippen LogP contribution in [0.2, 0.25) is 0 Å². The van der Waals surface area contributed by atoms with Crippen LogP contribution in [0.3, 0.4) is 0 Å². The SMILES string of the molecule is O=C1CCCC=C1CN1CCCC1. The molecule has 2 nitrogen and oxygen atoms in total. The van der Waals surface area contributed by atoms with E-state index in [0.29, 0.717) is 5.78 Å². The predicted molar refractivity (Wildman–Crippen MR) is 52.6 cm³/mol. The van der Waals surface area contributed by atoms with Gasteiger partial charge in [-0.25, -0.2) is 0 Å². The van der Waals surface area contributed by atoms with Crippen LogP contribution >= 0.6 is 0 Å². The molecule has 0 unspecified atom stereocenters. The van der Waals surface area contributed by atoms with E-state index in [4.69, 9.17) is 0 Å². The molecule has 2 heteroatoms. The smallest absolute Gasteiger partial charge is 0.159 e. The Morgan fingerprint density at radius 2 is 2.00 bits per heavy atom. The lowest BCUT2D eigenvalue weighted by Crippen LogP contribution is -2.25. The summed E-state index contributed by atoms with van der Waals surface area (Å²) in [6.07, 6.45) is 7.70. The van der Waals surface area contributed by atoms with E-state index in [1.54, 1.807) is 0 Å². The molecular weight excluding hydrogens is 162 g/mol. The molecule has 0 bridgehead atoms. The second-order valence-electron chi connectivity index (χ2n) is 4.03. The van der Waals surface area contributed by atoms with Gasteiger partial charge in [0.1, 0.15) is 0 Å². The van der Waals surface area contributed by atoms with E-state index in [1.807, 2.05) is 0 Å². The number of ketones is 1. The van der Waals surface area contributed by atoms with E-state index in [1.165, 1.54) is 25.9 Å². The average Bonchev–Trinajstić information content (AvgIpc) is 2.61. The fourth-order valence-corrected chi connectivity index (χ4v) is 2.15. The van der Waals surface area contributed by atoms with E-state index in [2.05, 4.69) is 11.0 Å². The summed E-state index contributed by atoms with van der Waals surface area (Å²) in [6.45, 7) is 3.29. The fraction of sp³-hybridized carbons (Fsp3) is 0.727. The van der Waals surface area contributed by atoms with Gasteiger partial charge >= 0.3 is 0 Å². The number of nitrogens with zero attached hydrogens (tertiary/aromatic N) is 1. The number of carbonyl (C=O) groups is 1. The zero-order valence-corrected chi connectivity index (χ0v) is 8.09. The lowest BCUT2D eigenvalue weighted by Gasteiger charge is -2.18. The van der Waals surface area contributed by atoms with Crippen LogP contribution in [0.1, 0.15) is 32.1 Å². The van der Waals surface area contributed by atoms with Gasteiger partial charge < -0.3 is 0 Å². The molecule has 2 rings (SSSR count). The molecule has 0 radical (unpaired) electrons. The number of likely N-dealkylation sites (tertiary alicyclic amines) is 1. The molecule has 1 fully saturated rings. The van der Waals surface area contributed by atoms with Crippen molar-refractivity contribution in [3.05, 3.63) is 11.6 Å². The standard InChI is InChI=1S/C11H17NO/c13-11-6-2-1-5-10(11)9-12-7-3-4-8-12/h5H,1-4,6-9H2. The third-order valence-corrected chi connectivity index (χ3v) is 2.95. The van der Waals surface area contributed by atoms with E-state index < -0.39 is 0 Å². The summed E-state index contributed by atoms with van der Waals surface area (Å²) in [7, 11) is 0. The van der Waals surface area contributed by atoms with Gasteiger partial charge in [-0.2, -0.15) is 0 Å². The third kappa shape index (κ3) is 2.19. The van der Waals surface area contributed by atoms with Crippen LogP contribution in [-0.4, -0.2) is 30.3 Å². The second kappa shape index (κ2) is 4.05. The molecule has 0 aromatic rings. The van der Waals surface area contributed by atoms with E-state index in [0.717, 1.165) is 31.4 Å². The first-order valence-corrected chi connectivity index (χ1v) is 5.31. The molecule has 1 aliphatic heterocycles. The Morgan fingerprint density at radius 1 is 1.23 bits per heavy atom. The highest BCUT2D eigenvalue weighted by Gasteiger charge is 2.18. The van der Waals surface area contributed by atoms with Gasteiger partial charge in [0.2, 0.25) is 0 Å². The van der Waals surface area contributed by atoms with Crippen LogP contribution < -0.4 is 0 Å². The van der Waals surface area contributed by atoms with Crippen molar-refractivity contribution in [2.24, 2.45) is 0 Å². The average molecular weight is 179 g/mol. The molecule has 0 aromatic carbocycles. The Labute approximate surface area is 79.6 Å². The number of allylic oxidation sites excluding steroid dienone is 1. The minimum absolute atomic E-state index is 0.387.